The topological polar surface area (TPSA) is 29.5 Å². The smallest absolute Gasteiger partial charge is 0.250 e. The fraction of sp³-hybridized carbons (Fsp3) is 0.444. The lowest BCUT2D eigenvalue weighted by molar-refractivity contribution is -0.181. The standard InChI is InChI=1S/C9H11NO2/c1-2-3-9(11)10-7-4-5-8(6-7)12-10/h2,4-5,7-8H,1,3,6H2/t7-,8+/m0/s1. The van der Waals surface area contributed by atoms with Gasteiger partial charge < -0.3 is 0 Å². The van der Waals surface area contributed by atoms with Gasteiger partial charge in [0.1, 0.15) is 6.10 Å². The van der Waals surface area contributed by atoms with Crippen molar-refractivity contribution in [3.05, 3.63) is 24.8 Å². The highest BCUT2D eigenvalue weighted by Crippen LogP contribution is 2.29. The predicted molar refractivity (Wildman–Crippen MR) is 44.1 cm³/mol. The highest BCUT2D eigenvalue weighted by Gasteiger charge is 2.37. The zero-order valence-electron chi connectivity index (χ0n) is 6.77. The first kappa shape index (κ1) is 7.55. The minimum Gasteiger partial charge on any atom is -0.272 e. The molecule has 1 amide bonds. The van der Waals surface area contributed by atoms with Gasteiger partial charge in [0.15, 0.2) is 0 Å². The normalized spacial score (nSPS) is 31.2. The number of nitrogens with zero attached hydrogens (tertiary/aromatic N) is 1. The molecule has 0 aromatic heterocycles. The summed E-state index contributed by atoms with van der Waals surface area (Å²) in [6.07, 6.45) is 7.03. The van der Waals surface area contributed by atoms with Crippen molar-refractivity contribution < 1.29 is 9.63 Å². The molecule has 12 heavy (non-hydrogen) atoms. The molecule has 3 heteroatoms. The number of carbonyl (C=O) groups excluding carboxylic acids is 1. The molecule has 1 heterocycles. The lowest BCUT2D eigenvalue weighted by atomic mass is 10.2. The van der Waals surface area contributed by atoms with Crippen LogP contribution in [0, 0.1) is 0 Å². The first-order valence-electron chi connectivity index (χ1n) is 4.09. The van der Waals surface area contributed by atoms with Crippen molar-refractivity contribution in [2.24, 2.45) is 0 Å². The van der Waals surface area contributed by atoms with E-state index in [2.05, 4.69) is 6.58 Å². The van der Waals surface area contributed by atoms with Crippen LogP contribution in [-0.4, -0.2) is 23.1 Å². The van der Waals surface area contributed by atoms with Gasteiger partial charge in [0.05, 0.1) is 6.04 Å². The van der Waals surface area contributed by atoms with Crippen molar-refractivity contribution in [1.82, 2.24) is 5.06 Å². The molecule has 0 aromatic rings. The van der Waals surface area contributed by atoms with E-state index in [1.54, 1.807) is 6.08 Å². The van der Waals surface area contributed by atoms with Crippen molar-refractivity contribution in [2.75, 3.05) is 0 Å². The van der Waals surface area contributed by atoms with E-state index in [-0.39, 0.29) is 18.1 Å². The van der Waals surface area contributed by atoms with Gasteiger partial charge in [-0.1, -0.05) is 18.2 Å². The van der Waals surface area contributed by atoms with E-state index >= 15 is 0 Å². The third-order valence-corrected chi connectivity index (χ3v) is 2.14. The van der Waals surface area contributed by atoms with Crippen molar-refractivity contribution in [3.8, 4) is 0 Å². The Bertz CT molecular complexity index is 247. The molecule has 0 unspecified atom stereocenters. The summed E-state index contributed by atoms with van der Waals surface area (Å²) in [6.45, 7) is 3.51. The molecule has 1 fully saturated rings. The third-order valence-electron chi connectivity index (χ3n) is 2.14. The average Bonchev–Trinajstić information content (AvgIpc) is 2.64. The number of rotatable bonds is 2. The number of hydroxylamine groups is 2. The molecule has 0 saturated carbocycles. The maximum Gasteiger partial charge on any atom is 0.250 e. The van der Waals surface area contributed by atoms with Crippen LogP contribution in [0.15, 0.2) is 24.8 Å². The van der Waals surface area contributed by atoms with Gasteiger partial charge in [-0.25, -0.2) is 5.06 Å². The van der Waals surface area contributed by atoms with Crippen LogP contribution in [-0.2, 0) is 9.63 Å². The van der Waals surface area contributed by atoms with Crippen LogP contribution in [0.5, 0.6) is 0 Å². The van der Waals surface area contributed by atoms with Gasteiger partial charge in [0.2, 0.25) is 5.91 Å². The van der Waals surface area contributed by atoms with Gasteiger partial charge in [-0.3, -0.25) is 9.63 Å². The van der Waals surface area contributed by atoms with E-state index in [1.807, 2.05) is 12.2 Å². The van der Waals surface area contributed by atoms with Gasteiger partial charge in [0, 0.05) is 12.8 Å². The summed E-state index contributed by atoms with van der Waals surface area (Å²) in [6, 6.07) is 0.169. The molecule has 0 aromatic carbocycles. The second-order valence-corrected chi connectivity index (χ2v) is 3.04. The summed E-state index contributed by atoms with van der Waals surface area (Å²) in [5.74, 6) is 0.00171. The maximum atomic E-state index is 11.3. The molecular formula is C9H11NO2. The van der Waals surface area contributed by atoms with E-state index < -0.39 is 0 Å². The Morgan fingerprint density at radius 3 is 3.08 bits per heavy atom. The number of carbonyl (C=O) groups is 1. The monoisotopic (exact) mass is 165 g/mol. The Morgan fingerprint density at radius 1 is 1.75 bits per heavy atom. The van der Waals surface area contributed by atoms with Crippen molar-refractivity contribution >= 4 is 5.91 Å². The molecule has 2 rings (SSSR count). The number of hydrogen-bond donors (Lipinski definition) is 0. The highest BCUT2D eigenvalue weighted by molar-refractivity contribution is 5.77. The maximum absolute atomic E-state index is 11.3. The molecule has 2 aliphatic rings. The Morgan fingerprint density at radius 2 is 2.58 bits per heavy atom. The molecule has 2 bridgehead atoms. The number of amides is 1. The Balaban J connectivity index is 2.02. The summed E-state index contributed by atoms with van der Waals surface area (Å²) in [4.78, 5) is 16.7. The highest BCUT2D eigenvalue weighted by atomic mass is 16.7. The van der Waals surface area contributed by atoms with E-state index in [4.69, 9.17) is 4.84 Å². The second kappa shape index (κ2) is 2.75. The predicted octanol–water partition coefficient (Wildman–Crippen LogP) is 1.03. The van der Waals surface area contributed by atoms with E-state index in [0.717, 1.165) is 6.42 Å². The molecule has 2 atom stereocenters. The van der Waals surface area contributed by atoms with Crippen LogP contribution in [0.1, 0.15) is 12.8 Å². The van der Waals surface area contributed by atoms with Crippen molar-refractivity contribution in [1.29, 1.82) is 0 Å². The van der Waals surface area contributed by atoms with Crippen LogP contribution in [0.4, 0.5) is 0 Å². The van der Waals surface area contributed by atoms with Crippen molar-refractivity contribution in [3.63, 3.8) is 0 Å². The first-order chi connectivity index (χ1) is 5.81. The van der Waals surface area contributed by atoms with Gasteiger partial charge in [-0.15, -0.1) is 6.58 Å². The Labute approximate surface area is 71.3 Å². The van der Waals surface area contributed by atoms with Gasteiger partial charge in [0.25, 0.3) is 0 Å². The van der Waals surface area contributed by atoms with Crippen molar-refractivity contribution in [2.45, 2.75) is 25.0 Å². The molecule has 0 N–H and O–H groups in total. The molecule has 0 radical (unpaired) electrons. The summed E-state index contributed by atoms with van der Waals surface area (Å²) >= 11 is 0. The summed E-state index contributed by atoms with van der Waals surface area (Å²) in [5.41, 5.74) is 0. The molecule has 3 nitrogen and oxygen atoms in total. The summed E-state index contributed by atoms with van der Waals surface area (Å²) in [5, 5.41) is 1.46. The van der Waals surface area contributed by atoms with Crippen LogP contribution >= 0.6 is 0 Å². The Hall–Kier alpha value is -1.09. The van der Waals surface area contributed by atoms with Crippen LogP contribution < -0.4 is 0 Å². The SMILES string of the molecule is C=CCC(=O)N1O[C@@H]2C=C[C@H]1C2. The van der Waals surface area contributed by atoms with Gasteiger partial charge in [-0.05, 0) is 0 Å². The van der Waals surface area contributed by atoms with E-state index in [9.17, 15) is 4.79 Å². The molecular weight excluding hydrogens is 154 g/mol. The van der Waals surface area contributed by atoms with Gasteiger partial charge in [-0.2, -0.15) is 0 Å². The minimum atomic E-state index is 0.00171. The lowest BCUT2D eigenvalue weighted by Gasteiger charge is -2.21. The molecule has 64 valence electrons. The molecule has 1 aliphatic heterocycles. The molecule has 1 saturated heterocycles. The lowest BCUT2D eigenvalue weighted by Crippen LogP contribution is -2.34. The summed E-state index contributed by atoms with van der Waals surface area (Å²) < 4.78 is 0. The second-order valence-electron chi connectivity index (χ2n) is 3.04. The molecule has 0 spiro atoms. The fourth-order valence-electron chi connectivity index (χ4n) is 1.58. The fourth-order valence-corrected chi connectivity index (χ4v) is 1.58. The van der Waals surface area contributed by atoms with Crippen LogP contribution in [0.25, 0.3) is 0 Å². The minimum absolute atomic E-state index is 0.00171. The van der Waals surface area contributed by atoms with E-state index in [0.29, 0.717) is 6.42 Å². The van der Waals surface area contributed by atoms with Gasteiger partial charge >= 0.3 is 0 Å². The summed E-state index contributed by atoms with van der Waals surface area (Å²) in [7, 11) is 0. The zero-order valence-corrected chi connectivity index (χ0v) is 6.77. The average molecular weight is 165 g/mol. The van der Waals surface area contributed by atoms with E-state index in [1.165, 1.54) is 5.06 Å². The van der Waals surface area contributed by atoms with Crippen LogP contribution in [0.3, 0.4) is 0 Å². The third kappa shape index (κ3) is 1.06. The zero-order chi connectivity index (χ0) is 8.55. The number of hydrogen-bond acceptors (Lipinski definition) is 2. The molecule has 1 aliphatic carbocycles. The van der Waals surface area contributed by atoms with Crippen LogP contribution in [0.2, 0.25) is 0 Å². The number of fused-ring (bicyclic) bond motifs is 2. The Kier molecular flexibility index (Phi) is 1.73. The first-order valence-corrected chi connectivity index (χ1v) is 4.09. The quantitative estimate of drug-likeness (QED) is 0.572. The largest absolute Gasteiger partial charge is 0.272 e.